The molecule has 0 spiro atoms. The standard InChI is InChI=1S/C18H29NO2/c1-3-21-17-10-8-16(9-11-17)15(2)19-14-18(20)12-6-4-5-7-13-18/h8-11,15,19-20H,3-7,12-14H2,1-2H3. The lowest BCUT2D eigenvalue weighted by Crippen LogP contribution is -2.41. The van der Waals surface area contributed by atoms with E-state index in [4.69, 9.17) is 4.74 Å². The molecule has 1 aliphatic carbocycles. The van der Waals surface area contributed by atoms with E-state index in [1.807, 2.05) is 19.1 Å². The zero-order valence-electron chi connectivity index (χ0n) is 13.4. The highest BCUT2D eigenvalue weighted by Gasteiger charge is 2.28. The molecule has 3 nitrogen and oxygen atoms in total. The van der Waals surface area contributed by atoms with E-state index in [0.29, 0.717) is 13.2 Å². The molecule has 0 radical (unpaired) electrons. The fourth-order valence-corrected chi connectivity index (χ4v) is 3.04. The van der Waals surface area contributed by atoms with Crippen LogP contribution < -0.4 is 10.1 Å². The largest absolute Gasteiger partial charge is 0.494 e. The number of hydrogen-bond donors (Lipinski definition) is 2. The quantitative estimate of drug-likeness (QED) is 0.783. The Hall–Kier alpha value is -1.06. The fraction of sp³-hybridized carbons (Fsp3) is 0.667. The molecule has 1 unspecified atom stereocenters. The molecule has 1 saturated carbocycles. The number of rotatable bonds is 6. The lowest BCUT2D eigenvalue weighted by molar-refractivity contribution is 0.0231. The topological polar surface area (TPSA) is 41.5 Å². The Kier molecular flexibility index (Phi) is 6.07. The molecule has 0 aromatic heterocycles. The van der Waals surface area contributed by atoms with E-state index in [2.05, 4.69) is 24.4 Å². The maximum absolute atomic E-state index is 10.7. The molecule has 0 saturated heterocycles. The SMILES string of the molecule is CCOc1ccc(C(C)NCC2(O)CCCCCC2)cc1. The smallest absolute Gasteiger partial charge is 0.119 e. The van der Waals surface area contributed by atoms with Crippen LogP contribution in [0.4, 0.5) is 0 Å². The summed E-state index contributed by atoms with van der Waals surface area (Å²) in [6.07, 6.45) is 6.67. The number of nitrogens with one attached hydrogen (secondary N) is 1. The van der Waals surface area contributed by atoms with Gasteiger partial charge in [0.2, 0.25) is 0 Å². The second kappa shape index (κ2) is 7.81. The molecule has 1 aromatic carbocycles. The summed E-state index contributed by atoms with van der Waals surface area (Å²) in [5.74, 6) is 0.913. The zero-order chi connectivity index (χ0) is 15.1. The van der Waals surface area contributed by atoms with Gasteiger partial charge in [0.05, 0.1) is 12.2 Å². The van der Waals surface area contributed by atoms with Crippen molar-refractivity contribution in [2.45, 2.75) is 64.0 Å². The molecule has 2 rings (SSSR count). The molecule has 1 aromatic rings. The fourth-order valence-electron chi connectivity index (χ4n) is 3.04. The van der Waals surface area contributed by atoms with E-state index in [1.165, 1.54) is 18.4 Å². The third kappa shape index (κ3) is 5.01. The maximum atomic E-state index is 10.7. The molecular formula is C18H29NO2. The van der Waals surface area contributed by atoms with Gasteiger partial charge in [-0.2, -0.15) is 0 Å². The summed E-state index contributed by atoms with van der Waals surface area (Å²) in [6.45, 7) is 5.52. The van der Waals surface area contributed by atoms with E-state index in [-0.39, 0.29) is 6.04 Å². The second-order valence-corrected chi connectivity index (χ2v) is 6.24. The molecular weight excluding hydrogens is 262 g/mol. The first-order valence-corrected chi connectivity index (χ1v) is 8.31. The van der Waals surface area contributed by atoms with Gasteiger partial charge in [-0.25, -0.2) is 0 Å². The molecule has 118 valence electrons. The van der Waals surface area contributed by atoms with Crippen LogP contribution in [0.5, 0.6) is 5.75 Å². The Morgan fingerprint density at radius 3 is 2.33 bits per heavy atom. The van der Waals surface area contributed by atoms with Gasteiger partial charge in [0.15, 0.2) is 0 Å². The van der Waals surface area contributed by atoms with Crippen molar-refractivity contribution < 1.29 is 9.84 Å². The summed E-state index contributed by atoms with van der Waals surface area (Å²) < 4.78 is 5.47. The van der Waals surface area contributed by atoms with Gasteiger partial charge in [0.1, 0.15) is 5.75 Å². The summed E-state index contributed by atoms with van der Waals surface area (Å²) in [5, 5.41) is 14.2. The third-order valence-corrected chi connectivity index (χ3v) is 4.46. The number of hydrogen-bond acceptors (Lipinski definition) is 3. The zero-order valence-corrected chi connectivity index (χ0v) is 13.4. The van der Waals surface area contributed by atoms with Crippen LogP contribution in [0, 0.1) is 0 Å². The monoisotopic (exact) mass is 291 g/mol. The normalized spacial score (nSPS) is 19.8. The van der Waals surface area contributed by atoms with Crippen LogP contribution >= 0.6 is 0 Å². The average Bonchev–Trinajstić information content (AvgIpc) is 2.71. The van der Waals surface area contributed by atoms with Gasteiger partial charge in [-0.3, -0.25) is 0 Å². The average molecular weight is 291 g/mol. The van der Waals surface area contributed by atoms with Crippen molar-refractivity contribution >= 4 is 0 Å². The minimum Gasteiger partial charge on any atom is -0.494 e. The van der Waals surface area contributed by atoms with Crippen molar-refractivity contribution in [3.63, 3.8) is 0 Å². The Balaban J connectivity index is 1.86. The van der Waals surface area contributed by atoms with Gasteiger partial charge in [-0.05, 0) is 44.4 Å². The van der Waals surface area contributed by atoms with E-state index in [0.717, 1.165) is 31.4 Å². The van der Waals surface area contributed by atoms with Crippen LogP contribution in [-0.2, 0) is 0 Å². The van der Waals surface area contributed by atoms with Gasteiger partial charge in [0.25, 0.3) is 0 Å². The molecule has 1 fully saturated rings. The molecule has 0 aliphatic heterocycles. The molecule has 21 heavy (non-hydrogen) atoms. The molecule has 2 N–H and O–H groups in total. The van der Waals surface area contributed by atoms with Crippen LogP contribution in [0.3, 0.4) is 0 Å². The highest BCUT2D eigenvalue weighted by atomic mass is 16.5. The van der Waals surface area contributed by atoms with Crippen molar-refractivity contribution in [3.8, 4) is 5.75 Å². The van der Waals surface area contributed by atoms with Crippen LogP contribution in [-0.4, -0.2) is 23.9 Å². The first kappa shape index (κ1) is 16.3. The Morgan fingerprint density at radius 2 is 1.76 bits per heavy atom. The number of aliphatic hydroxyl groups is 1. The van der Waals surface area contributed by atoms with Crippen molar-refractivity contribution in [1.82, 2.24) is 5.32 Å². The van der Waals surface area contributed by atoms with Gasteiger partial charge >= 0.3 is 0 Å². The predicted molar refractivity (Wildman–Crippen MR) is 86.7 cm³/mol. The minimum absolute atomic E-state index is 0.243. The van der Waals surface area contributed by atoms with Crippen molar-refractivity contribution in [2.24, 2.45) is 0 Å². The summed E-state index contributed by atoms with van der Waals surface area (Å²) in [6, 6.07) is 8.46. The summed E-state index contributed by atoms with van der Waals surface area (Å²) in [4.78, 5) is 0. The van der Waals surface area contributed by atoms with Gasteiger partial charge in [-0.15, -0.1) is 0 Å². The summed E-state index contributed by atoms with van der Waals surface area (Å²) in [5.41, 5.74) is 0.714. The van der Waals surface area contributed by atoms with Crippen molar-refractivity contribution in [2.75, 3.05) is 13.2 Å². The Morgan fingerprint density at radius 1 is 1.14 bits per heavy atom. The van der Waals surface area contributed by atoms with Crippen molar-refractivity contribution in [1.29, 1.82) is 0 Å². The number of ether oxygens (including phenoxy) is 1. The van der Waals surface area contributed by atoms with Gasteiger partial charge in [-0.1, -0.05) is 37.8 Å². The molecule has 0 amide bonds. The first-order chi connectivity index (χ1) is 10.1. The molecule has 3 heteroatoms. The highest BCUT2D eigenvalue weighted by molar-refractivity contribution is 5.28. The van der Waals surface area contributed by atoms with Crippen LogP contribution in [0.2, 0.25) is 0 Å². The molecule has 1 aliphatic rings. The lowest BCUT2D eigenvalue weighted by atomic mass is 9.94. The van der Waals surface area contributed by atoms with Gasteiger partial charge in [0, 0.05) is 12.6 Å². The summed E-state index contributed by atoms with van der Waals surface area (Å²) >= 11 is 0. The van der Waals surface area contributed by atoms with Crippen molar-refractivity contribution in [3.05, 3.63) is 29.8 Å². The second-order valence-electron chi connectivity index (χ2n) is 6.24. The van der Waals surface area contributed by atoms with E-state index < -0.39 is 5.60 Å². The Bertz CT molecular complexity index is 408. The van der Waals surface area contributed by atoms with Crippen LogP contribution in [0.1, 0.15) is 64.0 Å². The number of benzene rings is 1. The first-order valence-electron chi connectivity index (χ1n) is 8.31. The third-order valence-electron chi connectivity index (χ3n) is 4.46. The van der Waals surface area contributed by atoms with E-state index in [9.17, 15) is 5.11 Å². The lowest BCUT2D eigenvalue weighted by Gasteiger charge is -2.29. The molecule has 0 bridgehead atoms. The highest BCUT2D eigenvalue weighted by Crippen LogP contribution is 2.27. The minimum atomic E-state index is -0.518. The maximum Gasteiger partial charge on any atom is 0.119 e. The molecule has 0 heterocycles. The van der Waals surface area contributed by atoms with E-state index in [1.54, 1.807) is 0 Å². The van der Waals surface area contributed by atoms with Crippen LogP contribution in [0.25, 0.3) is 0 Å². The van der Waals surface area contributed by atoms with Gasteiger partial charge < -0.3 is 15.2 Å². The summed E-state index contributed by atoms with van der Waals surface area (Å²) in [7, 11) is 0. The van der Waals surface area contributed by atoms with E-state index >= 15 is 0 Å². The molecule has 1 atom stereocenters. The van der Waals surface area contributed by atoms with Crippen LogP contribution in [0.15, 0.2) is 24.3 Å². The predicted octanol–water partition coefficient (Wildman–Crippen LogP) is 3.82. The Labute approximate surface area is 128 Å².